The average molecular weight is 240 g/mol. The second-order valence-corrected chi connectivity index (χ2v) is 5.13. The number of rotatable bonds is 6. The van der Waals surface area contributed by atoms with E-state index in [1.807, 2.05) is 0 Å². The fraction of sp³-hybridized carbons (Fsp3) is 0.846. The lowest BCUT2D eigenvalue weighted by atomic mass is 10.1. The summed E-state index contributed by atoms with van der Waals surface area (Å²) in [5.41, 5.74) is 0. The number of carbonyl (C=O) groups is 2. The minimum atomic E-state index is -0.229. The van der Waals surface area contributed by atoms with E-state index in [4.69, 9.17) is 0 Å². The molecule has 0 aromatic carbocycles. The minimum Gasteiger partial charge on any atom is -0.354 e. The molecule has 1 aliphatic heterocycles. The highest BCUT2D eigenvalue weighted by Gasteiger charge is 2.35. The Balaban J connectivity index is 2.49. The number of hydrogen-bond donors (Lipinski definition) is 1. The van der Waals surface area contributed by atoms with Crippen LogP contribution in [0.3, 0.4) is 0 Å². The predicted molar refractivity (Wildman–Crippen MR) is 67.5 cm³/mol. The standard InChI is InChI=1S/C13H24N2O2/c1-4-5-8-15-11(6-7-12(15)16)13(17)14-9-10(2)3/h10-11H,4-9H2,1-3H3,(H,14,17)/t11-/m0/s1. The summed E-state index contributed by atoms with van der Waals surface area (Å²) in [7, 11) is 0. The number of nitrogens with zero attached hydrogens (tertiary/aromatic N) is 1. The van der Waals surface area contributed by atoms with Gasteiger partial charge in [-0.2, -0.15) is 0 Å². The summed E-state index contributed by atoms with van der Waals surface area (Å²) in [6.07, 6.45) is 3.21. The Morgan fingerprint density at radius 3 is 2.82 bits per heavy atom. The molecule has 1 saturated heterocycles. The molecule has 2 amide bonds. The molecule has 1 atom stereocenters. The molecule has 4 heteroatoms. The maximum absolute atomic E-state index is 12.0. The van der Waals surface area contributed by atoms with Crippen LogP contribution in [0.4, 0.5) is 0 Å². The highest BCUT2D eigenvalue weighted by Crippen LogP contribution is 2.19. The van der Waals surface area contributed by atoms with Crippen LogP contribution in [-0.2, 0) is 9.59 Å². The number of carbonyl (C=O) groups excluding carboxylic acids is 2. The van der Waals surface area contributed by atoms with Crippen LogP contribution in [0.25, 0.3) is 0 Å². The molecule has 17 heavy (non-hydrogen) atoms. The van der Waals surface area contributed by atoms with Gasteiger partial charge in [0.1, 0.15) is 6.04 Å². The third-order valence-corrected chi connectivity index (χ3v) is 3.07. The molecule has 0 aromatic heterocycles. The zero-order valence-corrected chi connectivity index (χ0v) is 11.2. The van der Waals surface area contributed by atoms with Gasteiger partial charge in [0, 0.05) is 19.5 Å². The molecule has 0 radical (unpaired) electrons. The number of hydrogen-bond acceptors (Lipinski definition) is 2. The lowest BCUT2D eigenvalue weighted by Crippen LogP contribution is -2.45. The quantitative estimate of drug-likeness (QED) is 0.766. The van der Waals surface area contributed by atoms with E-state index in [2.05, 4.69) is 26.1 Å². The van der Waals surface area contributed by atoms with Crippen molar-refractivity contribution < 1.29 is 9.59 Å². The first-order valence-corrected chi connectivity index (χ1v) is 6.63. The van der Waals surface area contributed by atoms with Gasteiger partial charge < -0.3 is 10.2 Å². The summed E-state index contributed by atoms with van der Waals surface area (Å²) < 4.78 is 0. The van der Waals surface area contributed by atoms with Crippen molar-refractivity contribution in [2.45, 2.75) is 52.5 Å². The second kappa shape index (κ2) is 6.62. The van der Waals surface area contributed by atoms with E-state index in [9.17, 15) is 9.59 Å². The second-order valence-electron chi connectivity index (χ2n) is 5.13. The molecule has 1 rings (SSSR count). The Morgan fingerprint density at radius 1 is 1.53 bits per heavy atom. The fourth-order valence-electron chi connectivity index (χ4n) is 2.04. The van der Waals surface area contributed by atoms with Crippen molar-refractivity contribution >= 4 is 11.8 Å². The predicted octanol–water partition coefficient (Wildman–Crippen LogP) is 1.55. The first kappa shape index (κ1) is 14.0. The van der Waals surface area contributed by atoms with Crippen molar-refractivity contribution in [1.82, 2.24) is 10.2 Å². The topological polar surface area (TPSA) is 49.4 Å². The van der Waals surface area contributed by atoms with Crippen molar-refractivity contribution in [3.63, 3.8) is 0 Å². The van der Waals surface area contributed by atoms with Gasteiger partial charge >= 0.3 is 0 Å². The van der Waals surface area contributed by atoms with Crippen molar-refractivity contribution in [2.75, 3.05) is 13.1 Å². The van der Waals surface area contributed by atoms with Gasteiger partial charge in [0.2, 0.25) is 11.8 Å². The Morgan fingerprint density at radius 2 is 2.24 bits per heavy atom. The van der Waals surface area contributed by atoms with Crippen molar-refractivity contribution in [3.8, 4) is 0 Å². The molecule has 0 aromatic rings. The Labute approximate surface area is 104 Å². The summed E-state index contributed by atoms with van der Waals surface area (Å²) in [4.78, 5) is 25.4. The molecule has 98 valence electrons. The normalized spacial score (nSPS) is 20.1. The summed E-state index contributed by atoms with van der Waals surface area (Å²) >= 11 is 0. The molecule has 0 bridgehead atoms. The molecule has 0 spiro atoms. The summed E-state index contributed by atoms with van der Waals surface area (Å²) in [6, 6.07) is -0.229. The maximum Gasteiger partial charge on any atom is 0.242 e. The minimum absolute atomic E-state index is 0.0145. The summed E-state index contributed by atoms with van der Waals surface area (Å²) in [5.74, 6) is 0.587. The molecule has 1 heterocycles. The third-order valence-electron chi connectivity index (χ3n) is 3.07. The van der Waals surface area contributed by atoms with Gasteiger partial charge in [-0.05, 0) is 18.8 Å². The van der Waals surface area contributed by atoms with Crippen LogP contribution < -0.4 is 5.32 Å². The highest BCUT2D eigenvalue weighted by atomic mass is 16.2. The number of amides is 2. The largest absolute Gasteiger partial charge is 0.354 e. The van der Waals surface area contributed by atoms with Gasteiger partial charge in [-0.3, -0.25) is 9.59 Å². The van der Waals surface area contributed by atoms with Crippen LogP contribution in [0.2, 0.25) is 0 Å². The van der Waals surface area contributed by atoms with E-state index in [0.29, 0.717) is 25.3 Å². The molecular formula is C13H24N2O2. The molecule has 1 aliphatic rings. The first-order valence-electron chi connectivity index (χ1n) is 6.63. The van der Waals surface area contributed by atoms with Gasteiger partial charge in [0.15, 0.2) is 0 Å². The zero-order chi connectivity index (χ0) is 12.8. The maximum atomic E-state index is 12.0. The smallest absolute Gasteiger partial charge is 0.242 e. The van der Waals surface area contributed by atoms with Crippen LogP contribution in [0.5, 0.6) is 0 Å². The monoisotopic (exact) mass is 240 g/mol. The number of unbranched alkanes of at least 4 members (excludes halogenated alkanes) is 1. The molecule has 0 aliphatic carbocycles. The lowest BCUT2D eigenvalue weighted by molar-refractivity contribution is -0.135. The van der Waals surface area contributed by atoms with E-state index >= 15 is 0 Å². The van der Waals surface area contributed by atoms with Crippen molar-refractivity contribution in [3.05, 3.63) is 0 Å². The van der Waals surface area contributed by atoms with Gasteiger partial charge in [-0.25, -0.2) is 0 Å². The van der Waals surface area contributed by atoms with Crippen molar-refractivity contribution in [2.24, 2.45) is 5.92 Å². The Hall–Kier alpha value is -1.06. The lowest BCUT2D eigenvalue weighted by Gasteiger charge is -2.24. The van der Waals surface area contributed by atoms with Crippen LogP contribution in [0, 0.1) is 5.92 Å². The van der Waals surface area contributed by atoms with Crippen LogP contribution in [0.1, 0.15) is 46.5 Å². The molecule has 1 fully saturated rings. The summed E-state index contributed by atoms with van der Waals surface area (Å²) in [6.45, 7) is 7.62. The zero-order valence-electron chi connectivity index (χ0n) is 11.2. The molecule has 4 nitrogen and oxygen atoms in total. The summed E-state index contributed by atoms with van der Waals surface area (Å²) in [5, 5.41) is 2.92. The number of likely N-dealkylation sites (tertiary alicyclic amines) is 1. The average Bonchev–Trinajstić information content (AvgIpc) is 2.65. The van der Waals surface area contributed by atoms with Crippen LogP contribution >= 0.6 is 0 Å². The van der Waals surface area contributed by atoms with Gasteiger partial charge in [-0.15, -0.1) is 0 Å². The van der Waals surface area contributed by atoms with Crippen LogP contribution in [0.15, 0.2) is 0 Å². The molecule has 1 N–H and O–H groups in total. The number of nitrogens with one attached hydrogen (secondary N) is 1. The van der Waals surface area contributed by atoms with E-state index in [1.165, 1.54) is 0 Å². The first-order chi connectivity index (χ1) is 8.06. The van der Waals surface area contributed by atoms with Crippen LogP contribution in [-0.4, -0.2) is 35.8 Å². The van der Waals surface area contributed by atoms with Crippen molar-refractivity contribution in [1.29, 1.82) is 0 Å². The molecule has 0 unspecified atom stereocenters. The van der Waals surface area contributed by atoms with E-state index < -0.39 is 0 Å². The SMILES string of the molecule is CCCCN1C(=O)CC[C@H]1C(=O)NCC(C)C. The van der Waals surface area contributed by atoms with E-state index in [0.717, 1.165) is 19.4 Å². The van der Waals surface area contributed by atoms with E-state index in [-0.39, 0.29) is 17.9 Å². The van der Waals surface area contributed by atoms with Gasteiger partial charge in [-0.1, -0.05) is 27.2 Å². The van der Waals surface area contributed by atoms with Gasteiger partial charge in [0.05, 0.1) is 0 Å². The van der Waals surface area contributed by atoms with Gasteiger partial charge in [0.25, 0.3) is 0 Å². The third kappa shape index (κ3) is 4.02. The molecular weight excluding hydrogens is 216 g/mol. The fourth-order valence-corrected chi connectivity index (χ4v) is 2.04. The Kier molecular flexibility index (Phi) is 5.45. The Bertz CT molecular complexity index is 277. The van der Waals surface area contributed by atoms with E-state index in [1.54, 1.807) is 4.90 Å². The highest BCUT2D eigenvalue weighted by molar-refractivity contribution is 5.90. The molecule has 0 saturated carbocycles.